The van der Waals surface area contributed by atoms with Crippen molar-refractivity contribution in [1.82, 2.24) is 10.2 Å². The molecule has 1 fully saturated rings. The number of carboxylic acid groups (broad SMARTS) is 1. The Kier molecular flexibility index (Phi) is 5.78. The fourth-order valence-corrected chi connectivity index (χ4v) is 3.43. The van der Waals surface area contributed by atoms with Crippen molar-refractivity contribution in [3.63, 3.8) is 0 Å². The highest BCUT2D eigenvalue weighted by molar-refractivity contribution is 5.97. The van der Waals surface area contributed by atoms with Crippen LogP contribution in [0, 0.1) is 5.41 Å². The highest BCUT2D eigenvalue weighted by Crippen LogP contribution is 2.30. The van der Waals surface area contributed by atoms with Crippen molar-refractivity contribution in [2.75, 3.05) is 13.1 Å². The predicted octanol–water partition coefficient (Wildman–Crippen LogP) is 2.35. The van der Waals surface area contributed by atoms with E-state index in [1.807, 2.05) is 36.4 Å². The van der Waals surface area contributed by atoms with Gasteiger partial charge in [0.05, 0.1) is 5.41 Å². The van der Waals surface area contributed by atoms with Crippen LogP contribution in [-0.4, -0.2) is 46.9 Å². The third-order valence-electron chi connectivity index (χ3n) is 5.22. The number of hydrogen-bond donors (Lipinski definition) is 2. The molecule has 1 aliphatic heterocycles. The van der Waals surface area contributed by atoms with Crippen LogP contribution < -0.4 is 5.32 Å². The molecule has 28 heavy (non-hydrogen) atoms. The number of amides is 2. The zero-order valence-electron chi connectivity index (χ0n) is 15.8. The van der Waals surface area contributed by atoms with Crippen LogP contribution in [0.15, 0.2) is 60.7 Å². The SMILES string of the molecule is CC1(C(=O)O)CCN(C(=O)C(Cc2ccccc2)NC(=O)c2ccccc2)C1. The molecule has 0 spiro atoms. The first-order valence-electron chi connectivity index (χ1n) is 9.31. The second kappa shape index (κ2) is 8.25. The normalized spacial score (nSPS) is 19.8. The summed E-state index contributed by atoms with van der Waals surface area (Å²) in [7, 11) is 0. The molecule has 0 radical (unpaired) electrons. The van der Waals surface area contributed by atoms with Gasteiger partial charge in [0.1, 0.15) is 6.04 Å². The molecule has 2 aromatic rings. The van der Waals surface area contributed by atoms with E-state index in [0.29, 0.717) is 24.9 Å². The van der Waals surface area contributed by atoms with E-state index in [-0.39, 0.29) is 18.4 Å². The van der Waals surface area contributed by atoms with Crippen LogP contribution in [0.5, 0.6) is 0 Å². The van der Waals surface area contributed by atoms with Crippen molar-refractivity contribution in [1.29, 1.82) is 0 Å². The van der Waals surface area contributed by atoms with Gasteiger partial charge in [-0.25, -0.2) is 0 Å². The van der Waals surface area contributed by atoms with Crippen LogP contribution in [0.3, 0.4) is 0 Å². The molecule has 2 amide bonds. The summed E-state index contributed by atoms with van der Waals surface area (Å²) in [5, 5.41) is 12.3. The predicted molar refractivity (Wildman–Crippen MR) is 105 cm³/mol. The summed E-state index contributed by atoms with van der Waals surface area (Å²) in [6, 6.07) is 17.4. The lowest BCUT2D eigenvalue weighted by molar-refractivity contribution is -0.147. The van der Waals surface area contributed by atoms with E-state index >= 15 is 0 Å². The third-order valence-corrected chi connectivity index (χ3v) is 5.22. The summed E-state index contributed by atoms with van der Waals surface area (Å²) in [5.41, 5.74) is 0.454. The molecule has 1 saturated heterocycles. The summed E-state index contributed by atoms with van der Waals surface area (Å²) in [4.78, 5) is 38.8. The minimum atomic E-state index is -0.948. The van der Waals surface area contributed by atoms with Gasteiger partial charge in [0, 0.05) is 25.1 Å². The van der Waals surface area contributed by atoms with Crippen LogP contribution in [0.1, 0.15) is 29.3 Å². The van der Waals surface area contributed by atoms with E-state index in [1.54, 1.807) is 36.1 Å². The van der Waals surface area contributed by atoms with E-state index in [4.69, 9.17) is 0 Å². The number of benzene rings is 2. The van der Waals surface area contributed by atoms with Gasteiger partial charge < -0.3 is 15.3 Å². The van der Waals surface area contributed by atoms with Gasteiger partial charge in [-0.3, -0.25) is 14.4 Å². The molecule has 0 aliphatic carbocycles. The maximum atomic E-state index is 13.1. The van der Waals surface area contributed by atoms with Crippen molar-refractivity contribution in [2.45, 2.75) is 25.8 Å². The van der Waals surface area contributed by atoms with Crippen LogP contribution >= 0.6 is 0 Å². The fraction of sp³-hybridized carbons (Fsp3) is 0.318. The highest BCUT2D eigenvalue weighted by atomic mass is 16.4. The van der Waals surface area contributed by atoms with Crippen LogP contribution in [0.25, 0.3) is 0 Å². The standard InChI is InChI=1S/C22H24N2O4/c1-22(21(27)28)12-13-24(15-22)20(26)18(14-16-8-4-2-5-9-16)23-19(25)17-10-6-3-7-11-17/h2-11,18H,12-15H2,1H3,(H,23,25)(H,27,28). The van der Waals surface area contributed by atoms with E-state index in [9.17, 15) is 19.5 Å². The van der Waals surface area contributed by atoms with Gasteiger partial charge in [0.2, 0.25) is 5.91 Å². The molecule has 2 atom stereocenters. The molecule has 1 heterocycles. The van der Waals surface area contributed by atoms with Crippen LogP contribution in [-0.2, 0) is 16.0 Å². The maximum Gasteiger partial charge on any atom is 0.311 e. The second-order valence-electron chi connectivity index (χ2n) is 7.46. The van der Waals surface area contributed by atoms with Gasteiger partial charge in [-0.05, 0) is 31.0 Å². The molecule has 2 aromatic carbocycles. The van der Waals surface area contributed by atoms with Gasteiger partial charge in [0.15, 0.2) is 0 Å². The van der Waals surface area contributed by atoms with Crippen molar-refractivity contribution in [3.8, 4) is 0 Å². The van der Waals surface area contributed by atoms with Gasteiger partial charge >= 0.3 is 5.97 Å². The average Bonchev–Trinajstić information content (AvgIpc) is 3.12. The smallest absolute Gasteiger partial charge is 0.311 e. The van der Waals surface area contributed by atoms with Crippen molar-refractivity contribution in [2.24, 2.45) is 5.41 Å². The van der Waals surface area contributed by atoms with Gasteiger partial charge in [-0.2, -0.15) is 0 Å². The highest BCUT2D eigenvalue weighted by Gasteiger charge is 2.43. The van der Waals surface area contributed by atoms with E-state index in [1.165, 1.54) is 0 Å². The lowest BCUT2D eigenvalue weighted by Crippen LogP contribution is -2.49. The Balaban J connectivity index is 1.78. The number of nitrogens with zero attached hydrogens (tertiary/aromatic N) is 1. The van der Waals surface area contributed by atoms with E-state index in [0.717, 1.165) is 5.56 Å². The molecule has 0 aromatic heterocycles. The largest absolute Gasteiger partial charge is 0.481 e. The zero-order chi connectivity index (χ0) is 20.1. The number of carboxylic acids is 1. The summed E-state index contributed by atoms with van der Waals surface area (Å²) in [5.74, 6) is -1.48. The van der Waals surface area contributed by atoms with Gasteiger partial charge in [-0.15, -0.1) is 0 Å². The number of likely N-dealkylation sites (tertiary alicyclic amines) is 1. The van der Waals surface area contributed by atoms with Crippen LogP contribution in [0.2, 0.25) is 0 Å². The Morgan fingerprint density at radius 2 is 1.68 bits per heavy atom. The summed E-state index contributed by atoms with van der Waals surface area (Å²) < 4.78 is 0. The third kappa shape index (κ3) is 4.39. The Bertz CT molecular complexity index is 853. The molecule has 3 rings (SSSR count). The first-order valence-corrected chi connectivity index (χ1v) is 9.31. The Labute approximate surface area is 164 Å². The fourth-order valence-electron chi connectivity index (χ4n) is 3.43. The van der Waals surface area contributed by atoms with E-state index in [2.05, 4.69) is 5.32 Å². The van der Waals surface area contributed by atoms with Crippen molar-refractivity contribution >= 4 is 17.8 Å². The summed E-state index contributed by atoms with van der Waals surface area (Å²) >= 11 is 0. The topological polar surface area (TPSA) is 86.7 Å². The molecule has 146 valence electrons. The van der Waals surface area contributed by atoms with E-state index < -0.39 is 17.4 Å². The number of carbonyl (C=O) groups is 3. The quantitative estimate of drug-likeness (QED) is 0.805. The second-order valence-corrected chi connectivity index (χ2v) is 7.46. The van der Waals surface area contributed by atoms with Gasteiger partial charge in [0.25, 0.3) is 5.91 Å². The van der Waals surface area contributed by atoms with Crippen molar-refractivity contribution < 1.29 is 19.5 Å². The molecular weight excluding hydrogens is 356 g/mol. The molecule has 2 N–H and O–H groups in total. The molecule has 2 unspecified atom stereocenters. The first-order chi connectivity index (χ1) is 13.4. The number of nitrogens with one attached hydrogen (secondary N) is 1. The molecule has 6 heteroatoms. The summed E-state index contributed by atoms with van der Waals surface area (Å²) in [6.07, 6.45) is 0.747. The molecule has 1 aliphatic rings. The summed E-state index contributed by atoms with van der Waals surface area (Å²) in [6.45, 7) is 2.17. The Morgan fingerprint density at radius 3 is 2.25 bits per heavy atom. The lowest BCUT2D eigenvalue weighted by atomic mass is 9.90. The number of aliphatic carboxylic acids is 1. The first kappa shape index (κ1) is 19.6. The minimum absolute atomic E-state index is 0.146. The Hall–Kier alpha value is -3.15. The molecule has 6 nitrogen and oxygen atoms in total. The number of rotatable bonds is 6. The Morgan fingerprint density at radius 1 is 1.07 bits per heavy atom. The number of carbonyl (C=O) groups excluding carboxylic acids is 2. The molecule has 0 saturated carbocycles. The average molecular weight is 380 g/mol. The molecule has 0 bridgehead atoms. The monoisotopic (exact) mass is 380 g/mol. The minimum Gasteiger partial charge on any atom is -0.481 e. The van der Waals surface area contributed by atoms with Gasteiger partial charge in [-0.1, -0.05) is 48.5 Å². The molecular formula is C22H24N2O4. The lowest BCUT2D eigenvalue weighted by Gasteiger charge is -2.26. The number of hydrogen-bond acceptors (Lipinski definition) is 3. The van der Waals surface area contributed by atoms with Crippen molar-refractivity contribution in [3.05, 3.63) is 71.8 Å². The van der Waals surface area contributed by atoms with Crippen LogP contribution in [0.4, 0.5) is 0 Å². The zero-order valence-corrected chi connectivity index (χ0v) is 15.8. The maximum absolute atomic E-state index is 13.1.